The SMILES string of the molecule is Cc1nc(CNC(=O)c2ccccc2Br)no1. The van der Waals surface area contributed by atoms with E-state index in [0.717, 1.165) is 4.47 Å². The molecule has 0 bridgehead atoms. The van der Waals surface area contributed by atoms with Crippen LogP contribution in [0, 0.1) is 6.92 Å². The zero-order valence-corrected chi connectivity index (χ0v) is 10.7. The van der Waals surface area contributed by atoms with Gasteiger partial charge in [0.25, 0.3) is 5.91 Å². The largest absolute Gasteiger partial charge is 0.345 e. The molecule has 0 radical (unpaired) electrons. The van der Waals surface area contributed by atoms with Gasteiger partial charge >= 0.3 is 0 Å². The summed E-state index contributed by atoms with van der Waals surface area (Å²) in [6, 6.07) is 7.20. The van der Waals surface area contributed by atoms with Crippen LogP contribution in [0.25, 0.3) is 0 Å². The molecule has 0 atom stereocenters. The van der Waals surface area contributed by atoms with E-state index in [1.807, 2.05) is 12.1 Å². The van der Waals surface area contributed by atoms with Crippen LogP contribution in [0.1, 0.15) is 22.1 Å². The predicted octanol–water partition coefficient (Wildman–Crippen LogP) is 2.07. The lowest BCUT2D eigenvalue weighted by Crippen LogP contribution is -2.23. The summed E-state index contributed by atoms with van der Waals surface area (Å²) < 4.78 is 5.56. The Labute approximate surface area is 106 Å². The van der Waals surface area contributed by atoms with Gasteiger partial charge in [-0.1, -0.05) is 17.3 Å². The summed E-state index contributed by atoms with van der Waals surface area (Å²) in [5.41, 5.74) is 0.577. The molecule has 0 saturated heterocycles. The molecule has 0 aliphatic rings. The van der Waals surface area contributed by atoms with Gasteiger partial charge in [-0.25, -0.2) is 0 Å². The highest BCUT2D eigenvalue weighted by molar-refractivity contribution is 9.10. The van der Waals surface area contributed by atoms with Crippen molar-refractivity contribution in [1.29, 1.82) is 0 Å². The third kappa shape index (κ3) is 2.91. The summed E-state index contributed by atoms with van der Waals surface area (Å²) >= 11 is 3.32. The van der Waals surface area contributed by atoms with E-state index < -0.39 is 0 Å². The van der Waals surface area contributed by atoms with E-state index in [-0.39, 0.29) is 12.5 Å². The molecule has 1 heterocycles. The lowest BCUT2D eigenvalue weighted by molar-refractivity contribution is 0.0949. The average molecular weight is 296 g/mol. The lowest BCUT2D eigenvalue weighted by Gasteiger charge is -2.04. The smallest absolute Gasteiger partial charge is 0.252 e. The standard InChI is InChI=1S/C11H10BrN3O2/c1-7-14-10(15-17-7)6-13-11(16)8-4-2-3-5-9(8)12/h2-5H,6H2,1H3,(H,13,16). The highest BCUT2D eigenvalue weighted by Crippen LogP contribution is 2.15. The maximum absolute atomic E-state index is 11.8. The monoisotopic (exact) mass is 295 g/mol. The van der Waals surface area contributed by atoms with Crippen molar-refractivity contribution in [2.45, 2.75) is 13.5 Å². The van der Waals surface area contributed by atoms with E-state index in [1.54, 1.807) is 19.1 Å². The fourth-order valence-electron chi connectivity index (χ4n) is 1.31. The minimum Gasteiger partial charge on any atom is -0.345 e. The average Bonchev–Trinajstić information content (AvgIpc) is 2.73. The molecule has 1 N–H and O–H groups in total. The number of carbonyl (C=O) groups excluding carboxylic acids is 1. The number of amides is 1. The fourth-order valence-corrected chi connectivity index (χ4v) is 1.78. The third-order valence-electron chi connectivity index (χ3n) is 2.10. The highest BCUT2D eigenvalue weighted by atomic mass is 79.9. The Kier molecular flexibility index (Phi) is 3.53. The van der Waals surface area contributed by atoms with Crippen LogP contribution >= 0.6 is 15.9 Å². The summed E-state index contributed by atoms with van der Waals surface area (Å²) in [6.45, 7) is 1.95. The van der Waals surface area contributed by atoms with E-state index in [9.17, 15) is 4.79 Å². The number of halogens is 1. The van der Waals surface area contributed by atoms with Gasteiger partial charge in [0.15, 0.2) is 5.82 Å². The van der Waals surface area contributed by atoms with E-state index >= 15 is 0 Å². The summed E-state index contributed by atoms with van der Waals surface area (Å²) in [5.74, 6) is 0.762. The molecule has 2 rings (SSSR count). The van der Waals surface area contributed by atoms with Crippen molar-refractivity contribution in [3.05, 3.63) is 46.0 Å². The number of aryl methyl sites for hydroxylation is 1. The van der Waals surface area contributed by atoms with Crippen LogP contribution in [-0.4, -0.2) is 16.0 Å². The molecule has 0 saturated carbocycles. The number of rotatable bonds is 3. The molecule has 0 spiro atoms. The van der Waals surface area contributed by atoms with Crippen molar-refractivity contribution >= 4 is 21.8 Å². The number of hydrogen-bond acceptors (Lipinski definition) is 4. The molecule has 88 valence electrons. The van der Waals surface area contributed by atoms with Gasteiger partial charge in [0, 0.05) is 11.4 Å². The number of hydrogen-bond donors (Lipinski definition) is 1. The predicted molar refractivity (Wildman–Crippen MR) is 64.3 cm³/mol. The summed E-state index contributed by atoms with van der Waals surface area (Å²) in [5, 5.41) is 6.41. The molecule has 0 aliphatic heterocycles. The topological polar surface area (TPSA) is 68.0 Å². The minimum atomic E-state index is -0.181. The van der Waals surface area contributed by atoms with Gasteiger partial charge in [-0.05, 0) is 28.1 Å². The molecule has 1 aromatic heterocycles. The van der Waals surface area contributed by atoms with Crippen molar-refractivity contribution in [2.24, 2.45) is 0 Å². The number of nitrogens with one attached hydrogen (secondary N) is 1. The Bertz CT molecular complexity index is 539. The first kappa shape index (κ1) is 11.8. The first-order chi connectivity index (χ1) is 8.16. The summed E-state index contributed by atoms with van der Waals surface area (Å²) in [4.78, 5) is 15.8. The molecule has 0 unspecified atom stereocenters. The molecule has 1 aromatic carbocycles. The van der Waals surface area contributed by atoms with Crippen molar-refractivity contribution in [3.63, 3.8) is 0 Å². The Morgan fingerprint density at radius 3 is 2.88 bits per heavy atom. The first-order valence-electron chi connectivity index (χ1n) is 4.99. The van der Waals surface area contributed by atoms with Crippen molar-refractivity contribution < 1.29 is 9.32 Å². The van der Waals surface area contributed by atoms with E-state index in [4.69, 9.17) is 4.52 Å². The first-order valence-corrected chi connectivity index (χ1v) is 5.78. The normalized spacial score (nSPS) is 10.2. The van der Waals surface area contributed by atoms with Crippen LogP contribution < -0.4 is 5.32 Å². The molecule has 0 fully saturated rings. The molecule has 6 heteroatoms. The maximum Gasteiger partial charge on any atom is 0.252 e. The zero-order chi connectivity index (χ0) is 12.3. The number of benzene rings is 1. The van der Waals surface area contributed by atoms with E-state index in [2.05, 4.69) is 31.4 Å². The van der Waals surface area contributed by atoms with Crippen LogP contribution in [0.15, 0.2) is 33.3 Å². The highest BCUT2D eigenvalue weighted by Gasteiger charge is 2.10. The Morgan fingerprint density at radius 1 is 1.47 bits per heavy atom. The summed E-state index contributed by atoms with van der Waals surface area (Å²) in [7, 11) is 0. The van der Waals surface area contributed by atoms with Crippen LogP contribution in [0.3, 0.4) is 0 Å². The van der Waals surface area contributed by atoms with Crippen molar-refractivity contribution in [1.82, 2.24) is 15.5 Å². The Morgan fingerprint density at radius 2 is 2.24 bits per heavy atom. The Balaban J connectivity index is 2.01. The second-order valence-corrected chi connectivity index (χ2v) is 4.25. The molecule has 17 heavy (non-hydrogen) atoms. The van der Waals surface area contributed by atoms with Gasteiger partial charge in [0.2, 0.25) is 5.89 Å². The van der Waals surface area contributed by atoms with E-state index in [1.165, 1.54) is 0 Å². The van der Waals surface area contributed by atoms with Gasteiger partial charge in [0.05, 0.1) is 12.1 Å². The molecular weight excluding hydrogens is 286 g/mol. The van der Waals surface area contributed by atoms with Gasteiger partial charge in [-0.15, -0.1) is 0 Å². The number of carbonyl (C=O) groups is 1. The number of aromatic nitrogens is 2. The zero-order valence-electron chi connectivity index (χ0n) is 9.11. The number of nitrogens with zero attached hydrogens (tertiary/aromatic N) is 2. The minimum absolute atomic E-state index is 0.181. The van der Waals surface area contributed by atoms with Gasteiger partial charge in [0.1, 0.15) is 0 Å². The molecule has 0 aliphatic carbocycles. The lowest BCUT2D eigenvalue weighted by atomic mass is 10.2. The van der Waals surface area contributed by atoms with Crippen molar-refractivity contribution in [2.75, 3.05) is 0 Å². The van der Waals surface area contributed by atoms with Gasteiger partial charge in [-0.3, -0.25) is 4.79 Å². The van der Waals surface area contributed by atoms with Gasteiger partial charge in [-0.2, -0.15) is 4.98 Å². The summed E-state index contributed by atoms with van der Waals surface area (Å²) in [6.07, 6.45) is 0. The molecule has 1 amide bonds. The molecule has 2 aromatic rings. The quantitative estimate of drug-likeness (QED) is 0.941. The van der Waals surface area contributed by atoms with Crippen LogP contribution in [0.2, 0.25) is 0 Å². The van der Waals surface area contributed by atoms with Crippen LogP contribution in [-0.2, 0) is 6.54 Å². The third-order valence-corrected chi connectivity index (χ3v) is 2.79. The molecule has 5 nitrogen and oxygen atoms in total. The maximum atomic E-state index is 11.8. The fraction of sp³-hybridized carbons (Fsp3) is 0.182. The van der Waals surface area contributed by atoms with Crippen molar-refractivity contribution in [3.8, 4) is 0 Å². The van der Waals surface area contributed by atoms with Crippen LogP contribution in [0.5, 0.6) is 0 Å². The van der Waals surface area contributed by atoms with Gasteiger partial charge < -0.3 is 9.84 Å². The van der Waals surface area contributed by atoms with E-state index in [0.29, 0.717) is 17.3 Å². The Hall–Kier alpha value is -1.69. The second-order valence-electron chi connectivity index (χ2n) is 3.39. The van der Waals surface area contributed by atoms with Crippen LogP contribution in [0.4, 0.5) is 0 Å². The molecular formula is C11H10BrN3O2. The second kappa shape index (κ2) is 5.09.